The molecule has 0 saturated heterocycles. The van der Waals surface area contributed by atoms with E-state index in [0.29, 0.717) is 12.2 Å². The van der Waals surface area contributed by atoms with Crippen LogP contribution in [0, 0.1) is 12.7 Å². The van der Waals surface area contributed by atoms with E-state index in [-0.39, 0.29) is 10.0 Å². The topological polar surface area (TPSA) is 29.9 Å². The van der Waals surface area contributed by atoms with Crippen molar-refractivity contribution >= 4 is 28.9 Å². The van der Waals surface area contributed by atoms with Crippen LogP contribution in [0.25, 0.3) is 0 Å². The average molecular weight is 302 g/mol. The first-order chi connectivity index (χ1) is 9.01. The molecule has 0 aliphatic heterocycles. The van der Waals surface area contributed by atoms with Gasteiger partial charge in [-0.05, 0) is 32.0 Å². The summed E-state index contributed by atoms with van der Waals surface area (Å²) in [4.78, 5) is 0. The van der Waals surface area contributed by atoms with Crippen LogP contribution in [0.4, 0.5) is 10.1 Å². The number of benzene rings is 1. The first-order valence-electron chi connectivity index (χ1n) is 5.93. The number of halogens is 3. The predicted octanol–water partition coefficient (Wildman–Crippen LogP) is 4.27. The first-order valence-corrected chi connectivity index (χ1v) is 6.68. The van der Waals surface area contributed by atoms with Crippen LogP contribution in [0.2, 0.25) is 10.0 Å². The highest BCUT2D eigenvalue weighted by molar-refractivity contribution is 6.35. The molecule has 6 heteroatoms. The highest BCUT2D eigenvalue weighted by atomic mass is 35.5. The summed E-state index contributed by atoms with van der Waals surface area (Å²) < 4.78 is 15.2. The number of anilines is 1. The number of aryl methyl sites for hydroxylation is 2. The number of nitrogens with zero attached hydrogens (tertiary/aromatic N) is 2. The van der Waals surface area contributed by atoms with Crippen LogP contribution in [-0.4, -0.2) is 9.78 Å². The van der Waals surface area contributed by atoms with E-state index >= 15 is 0 Å². The molecule has 2 rings (SSSR count). The molecule has 1 aromatic heterocycles. The van der Waals surface area contributed by atoms with Crippen LogP contribution in [0.5, 0.6) is 0 Å². The number of aromatic nitrogens is 2. The molecule has 0 spiro atoms. The standard InChI is InChI=1S/C13H14Cl2FN3/c1-3-19-10(4-8(2)18-19)7-17-9-5-11(14)13(16)12(15)6-9/h4-6,17H,3,7H2,1-2H3. The Morgan fingerprint density at radius 2 is 1.89 bits per heavy atom. The molecule has 0 unspecified atom stereocenters. The van der Waals surface area contributed by atoms with Crippen LogP contribution in [0.15, 0.2) is 18.2 Å². The predicted molar refractivity (Wildman–Crippen MR) is 76.4 cm³/mol. The van der Waals surface area contributed by atoms with Crippen molar-refractivity contribution in [2.75, 3.05) is 5.32 Å². The molecule has 0 bridgehead atoms. The van der Waals surface area contributed by atoms with Crippen LogP contribution in [-0.2, 0) is 13.1 Å². The van der Waals surface area contributed by atoms with Gasteiger partial charge in [-0.3, -0.25) is 4.68 Å². The van der Waals surface area contributed by atoms with Crippen molar-refractivity contribution in [2.24, 2.45) is 0 Å². The lowest BCUT2D eigenvalue weighted by molar-refractivity contribution is 0.622. The van der Waals surface area contributed by atoms with E-state index in [1.807, 2.05) is 24.6 Å². The third-order valence-corrected chi connectivity index (χ3v) is 3.29. The number of nitrogens with one attached hydrogen (secondary N) is 1. The number of hydrogen-bond acceptors (Lipinski definition) is 2. The Bertz CT molecular complexity index is 573. The molecule has 0 fully saturated rings. The van der Waals surface area contributed by atoms with Gasteiger partial charge < -0.3 is 5.32 Å². The van der Waals surface area contributed by atoms with Crippen LogP contribution in [0.1, 0.15) is 18.3 Å². The van der Waals surface area contributed by atoms with Gasteiger partial charge in [0.2, 0.25) is 0 Å². The molecular formula is C13H14Cl2FN3. The van der Waals surface area contributed by atoms with Gasteiger partial charge >= 0.3 is 0 Å². The fourth-order valence-electron chi connectivity index (χ4n) is 1.87. The normalized spacial score (nSPS) is 10.8. The van der Waals surface area contributed by atoms with Crippen molar-refractivity contribution in [3.8, 4) is 0 Å². The summed E-state index contributed by atoms with van der Waals surface area (Å²) in [5, 5.41) is 7.54. The maximum Gasteiger partial charge on any atom is 0.160 e. The maximum absolute atomic E-state index is 13.3. The second kappa shape index (κ2) is 5.80. The Balaban J connectivity index is 2.14. The van der Waals surface area contributed by atoms with Gasteiger partial charge in [0.1, 0.15) is 0 Å². The van der Waals surface area contributed by atoms with Gasteiger partial charge in [0, 0.05) is 12.2 Å². The largest absolute Gasteiger partial charge is 0.379 e. The lowest BCUT2D eigenvalue weighted by Gasteiger charge is -2.09. The molecule has 0 saturated carbocycles. The van der Waals surface area contributed by atoms with Gasteiger partial charge in [0.05, 0.1) is 28.0 Å². The molecule has 0 aliphatic rings. The maximum atomic E-state index is 13.3. The van der Waals surface area contributed by atoms with Crippen LogP contribution >= 0.6 is 23.2 Å². The van der Waals surface area contributed by atoms with Crippen LogP contribution < -0.4 is 5.32 Å². The quantitative estimate of drug-likeness (QED) is 0.855. The van der Waals surface area contributed by atoms with E-state index in [9.17, 15) is 4.39 Å². The minimum atomic E-state index is -0.594. The summed E-state index contributed by atoms with van der Waals surface area (Å²) in [6, 6.07) is 5.04. The Morgan fingerprint density at radius 3 is 2.47 bits per heavy atom. The second-order valence-corrected chi connectivity index (χ2v) is 5.01. The third kappa shape index (κ3) is 3.19. The van der Waals surface area contributed by atoms with Gasteiger partial charge in [-0.25, -0.2) is 4.39 Å². The van der Waals surface area contributed by atoms with Gasteiger partial charge in [-0.15, -0.1) is 0 Å². The van der Waals surface area contributed by atoms with Crippen molar-refractivity contribution < 1.29 is 4.39 Å². The first kappa shape index (κ1) is 14.2. The Kier molecular flexibility index (Phi) is 4.32. The lowest BCUT2D eigenvalue weighted by Crippen LogP contribution is -2.08. The molecule has 3 nitrogen and oxygen atoms in total. The summed E-state index contributed by atoms with van der Waals surface area (Å²) >= 11 is 11.5. The van der Waals surface area contributed by atoms with E-state index in [1.54, 1.807) is 0 Å². The van der Waals surface area contributed by atoms with Crippen molar-refractivity contribution in [3.05, 3.63) is 45.4 Å². The zero-order chi connectivity index (χ0) is 14.0. The fourth-order valence-corrected chi connectivity index (χ4v) is 2.35. The molecule has 0 amide bonds. The number of rotatable bonds is 4. The van der Waals surface area contributed by atoms with Crippen molar-refractivity contribution in [2.45, 2.75) is 26.9 Å². The molecule has 0 atom stereocenters. The third-order valence-electron chi connectivity index (χ3n) is 2.74. The molecule has 1 aromatic carbocycles. The summed E-state index contributed by atoms with van der Waals surface area (Å²) in [5.41, 5.74) is 2.70. The fraction of sp³-hybridized carbons (Fsp3) is 0.308. The molecule has 1 heterocycles. The Morgan fingerprint density at radius 1 is 1.26 bits per heavy atom. The highest BCUT2D eigenvalue weighted by Crippen LogP contribution is 2.27. The Hall–Kier alpha value is -1.26. The van der Waals surface area contributed by atoms with Crippen molar-refractivity contribution in [1.82, 2.24) is 9.78 Å². The van der Waals surface area contributed by atoms with Gasteiger partial charge in [0.15, 0.2) is 5.82 Å². The van der Waals surface area contributed by atoms with Crippen LogP contribution in [0.3, 0.4) is 0 Å². The zero-order valence-electron chi connectivity index (χ0n) is 10.7. The minimum Gasteiger partial charge on any atom is -0.379 e. The lowest BCUT2D eigenvalue weighted by atomic mass is 10.3. The molecule has 1 N–H and O–H groups in total. The molecule has 102 valence electrons. The Labute approximate surface area is 121 Å². The average Bonchev–Trinajstić information content (AvgIpc) is 2.73. The minimum absolute atomic E-state index is 0.00943. The molecular weight excluding hydrogens is 288 g/mol. The van der Waals surface area contributed by atoms with Gasteiger partial charge in [-0.2, -0.15) is 5.10 Å². The zero-order valence-corrected chi connectivity index (χ0v) is 12.2. The summed E-state index contributed by atoms with van der Waals surface area (Å²) in [6.45, 7) is 5.35. The summed E-state index contributed by atoms with van der Waals surface area (Å²) in [6.07, 6.45) is 0. The SMILES string of the molecule is CCn1nc(C)cc1CNc1cc(Cl)c(F)c(Cl)c1. The van der Waals surface area contributed by atoms with Gasteiger partial charge in [-0.1, -0.05) is 23.2 Å². The molecule has 2 aromatic rings. The van der Waals surface area contributed by atoms with E-state index in [0.717, 1.165) is 17.9 Å². The molecule has 0 aliphatic carbocycles. The number of hydrogen-bond donors (Lipinski definition) is 1. The summed E-state index contributed by atoms with van der Waals surface area (Å²) in [7, 11) is 0. The molecule has 19 heavy (non-hydrogen) atoms. The van der Waals surface area contributed by atoms with Crippen molar-refractivity contribution in [3.63, 3.8) is 0 Å². The second-order valence-electron chi connectivity index (χ2n) is 4.20. The van der Waals surface area contributed by atoms with Crippen molar-refractivity contribution in [1.29, 1.82) is 0 Å². The smallest absolute Gasteiger partial charge is 0.160 e. The van der Waals surface area contributed by atoms with E-state index in [4.69, 9.17) is 23.2 Å². The van der Waals surface area contributed by atoms with E-state index < -0.39 is 5.82 Å². The van der Waals surface area contributed by atoms with E-state index in [2.05, 4.69) is 10.4 Å². The van der Waals surface area contributed by atoms with Gasteiger partial charge in [0.25, 0.3) is 0 Å². The summed E-state index contributed by atoms with van der Waals surface area (Å²) in [5.74, 6) is -0.594. The monoisotopic (exact) mass is 301 g/mol. The molecule has 0 radical (unpaired) electrons. The highest BCUT2D eigenvalue weighted by Gasteiger charge is 2.08. The van der Waals surface area contributed by atoms with E-state index in [1.165, 1.54) is 12.1 Å².